The van der Waals surface area contributed by atoms with Gasteiger partial charge in [-0.25, -0.2) is 4.39 Å². The Hall–Kier alpha value is -2.20. The number of benzene rings is 2. The number of nitrogens with one attached hydrogen (secondary N) is 1. The van der Waals surface area contributed by atoms with Gasteiger partial charge in [-0.05, 0) is 68.2 Å². The van der Waals surface area contributed by atoms with Gasteiger partial charge in [-0.3, -0.25) is 9.69 Å². The van der Waals surface area contributed by atoms with E-state index in [0.717, 1.165) is 25.2 Å². The lowest BCUT2D eigenvalue weighted by molar-refractivity contribution is 0.0939. The van der Waals surface area contributed by atoms with Gasteiger partial charge < -0.3 is 5.32 Å². The lowest BCUT2D eigenvalue weighted by Crippen LogP contribution is -2.29. The number of amides is 1. The maximum absolute atomic E-state index is 13.3. The van der Waals surface area contributed by atoms with Gasteiger partial charge in [-0.15, -0.1) is 0 Å². The summed E-state index contributed by atoms with van der Waals surface area (Å²) >= 11 is 0. The minimum absolute atomic E-state index is 0.138. The van der Waals surface area contributed by atoms with Gasteiger partial charge in [-0.2, -0.15) is 0 Å². The van der Waals surface area contributed by atoms with Crippen molar-refractivity contribution in [3.63, 3.8) is 0 Å². The molecule has 3 rings (SSSR count). The van der Waals surface area contributed by atoms with Crippen LogP contribution >= 0.6 is 0 Å². The van der Waals surface area contributed by atoms with Crippen molar-refractivity contribution in [2.45, 2.75) is 38.8 Å². The second-order valence-electron chi connectivity index (χ2n) is 6.78. The van der Waals surface area contributed by atoms with E-state index in [1.807, 2.05) is 37.3 Å². The highest BCUT2D eigenvalue weighted by Gasteiger charge is 2.13. The monoisotopic (exact) mass is 340 g/mol. The molecule has 1 fully saturated rings. The van der Waals surface area contributed by atoms with E-state index >= 15 is 0 Å². The first-order chi connectivity index (χ1) is 12.1. The summed E-state index contributed by atoms with van der Waals surface area (Å²) in [6.45, 7) is 5.12. The molecule has 1 saturated heterocycles. The summed E-state index contributed by atoms with van der Waals surface area (Å²) in [6, 6.07) is 13.9. The fourth-order valence-corrected chi connectivity index (χ4v) is 3.28. The van der Waals surface area contributed by atoms with Crippen molar-refractivity contribution in [2.24, 2.45) is 0 Å². The Balaban J connectivity index is 1.58. The van der Waals surface area contributed by atoms with Gasteiger partial charge in [0.1, 0.15) is 5.82 Å². The van der Waals surface area contributed by atoms with Crippen LogP contribution in [0.1, 0.15) is 53.7 Å². The molecule has 1 aliphatic rings. The molecule has 0 radical (unpaired) electrons. The number of rotatable bonds is 5. The molecule has 1 unspecified atom stereocenters. The van der Waals surface area contributed by atoms with Crippen LogP contribution in [-0.2, 0) is 6.54 Å². The Morgan fingerprint density at radius 1 is 1.12 bits per heavy atom. The molecule has 0 aliphatic carbocycles. The highest BCUT2D eigenvalue weighted by molar-refractivity contribution is 5.94. The zero-order chi connectivity index (χ0) is 17.6. The number of carbonyl (C=O) groups is 1. The van der Waals surface area contributed by atoms with E-state index in [0.29, 0.717) is 5.56 Å². The molecule has 0 bridgehead atoms. The van der Waals surface area contributed by atoms with Crippen LogP contribution in [0, 0.1) is 5.82 Å². The van der Waals surface area contributed by atoms with E-state index in [-0.39, 0.29) is 17.8 Å². The van der Waals surface area contributed by atoms with Crippen molar-refractivity contribution in [1.82, 2.24) is 10.2 Å². The fourth-order valence-electron chi connectivity index (χ4n) is 3.28. The third-order valence-electron chi connectivity index (χ3n) is 4.77. The second kappa shape index (κ2) is 8.26. The van der Waals surface area contributed by atoms with Gasteiger partial charge in [0, 0.05) is 12.1 Å². The van der Waals surface area contributed by atoms with E-state index < -0.39 is 0 Å². The molecule has 1 amide bonds. The lowest BCUT2D eigenvalue weighted by Gasteiger charge is -2.26. The van der Waals surface area contributed by atoms with E-state index in [2.05, 4.69) is 10.2 Å². The van der Waals surface area contributed by atoms with Crippen molar-refractivity contribution >= 4 is 5.91 Å². The number of likely N-dealkylation sites (tertiary alicyclic amines) is 1. The van der Waals surface area contributed by atoms with Crippen molar-refractivity contribution in [1.29, 1.82) is 0 Å². The standard InChI is InChI=1S/C21H25FN2O/c1-16(19-6-5-7-20(22)14-19)23-21(25)18-10-8-17(9-11-18)15-24-12-3-2-4-13-24/h5-11,14,16H,2-4,12-13,15H2,1H3,(H,23,25). The molecule has 2 aromatic rings. The summed E-state index contributed by atoms with van der Waals surface area (Å²) in [5.74, 6) is -0.429. The quantitative estimate of drug-likeness (QED) is 0.880. The predicted octanol–water partition coefficient (Wildman–Crippen LogP) is 4.30. The van der Waals surface area contributed by atoms with Gasteiger partial charge in [-0.1, -0.05) is 30.7 Å². The molecule has 0 spiro atoms. The summed E-state index contributed by atoms with van der Waals surface area (Å²) in [6.07, 6.45) is 3.88. The van der Waals surface area contributed by atoms with Crippen LogP contribution in [-0.4, -0.2) is 23.9 Å². The average molecular weight is 340 g/mol. The van der Waals surface area contributed by atoms with Crippen molar-refractivity contribution in [3.8, 4) is 0 Å². The molecule has 132 valence electrons. The Morgan fingerprint density at radius 2 is 1.84 bits per heavy atom. The lowest BCUT2D eigenvalue weighted by atomic mass is 10.1. The van der Waals surface area contributed by atoms with Gasteiger partial charge in [0.05, 0.1) is 6.04 Å². The first-order valence-electron chi connectivity index (χ1n) is 8.99. The van der Waals surface area contributed by atoms with E-state index in [1.165, 1.54) is 37.0 Å². The van der Waals surface area contributed by atoms with E-state index in [1.54, 1.807) is 6.07 Å². The Morgan fingerprint density at radius 3 is 2.52 bits per heavy atom. The molecule has 2 aromatic carbocycles. The SMILES string of the molecule is CC(NC(=O)c1ccc(CN2CCCCC2)cc1)c1cccc(F)c1. The molecule has 0 saturated carbocycles. The summed E-state index contributed by atoms with van der Waals surface area (Å²) < 4.78 is 13.3. The normalized spacial score (nSPS) is 16.4. The Labute approximate surface area is 148 Å². The number of carbonyl (C=O) groups excluding carboxylic acids is 1. The highest BCUT2D eigenvalue weighted by atomic mass is 19.1. The molecule has 0 aromatic heterocycles. The fraction of sp³-hybridized carbons (Fsp3) is 0.381. The smallest absolute Gasteiger partial charge is 0.251 e. The number of halogens is 1. The highest BCUT2D eigenvalue weighted by Crippen LogP contribution is 2.16. The number of hydrogen-bond donors (Lipinski definition) is 1. The maximum atomic E-state index is 13.3. The van der Waals surface area contributed by atoms with Crippen LogP contribution in [0.5, 0.6) is 0 Å². The van der Waals surface area contributed by atoms with Crippen molar-refractivity contribution < 1.29 is 9.18 Å². The number of piperidine rings is 1. The molecule has 1 atom stereocenters. The zero-order valence-electron chi connectivity index (χ0n) is 14.7. The van der Waals surface area contributed by atoms with Crippen LogP contribution in [0.15, 0.2) is 48.5 Å². The minimum Gasteiger partial charge on any atom is -0.346 e. The molecular weight excluding hydrogens is 315 g/mol. The molecule has 1 N–H and O–H groups in total. The summed E-state index contributed by atoms with van der Waals surface area (Å²) in [4.78, 5) is 14.9. The summed E-state index contributed by atoms with van der Waals surface area (Å²) in [7, 11) is 0. The predicted molar refractivity (Wildman–Crippen MR) is 97.9 cm³/mol. The van der Waals surface area contributed by atoms with Crippen LogP contribution in [0.3, 0.4) is 0 Å². The van der Waals surface area contributed by atoms with Crippen LogP contribution in [0.2, 0.25) is 0 Å². The molecule has 4 heteroatoms. The number of hydrogen-bond acceptors (Lipinski definition) is 2. The van der Waals surface area contributed by atoms with Gasteiger partial charge in [0.2, 0.25) is 0 Å². The van der Waals surface area contributed by atoms with Gasteiger partial charge in [0.25, 0.3) is 5.91 Å². The molecular formula is C21H25FN2O. The van der Waals surface area contributed by atoms with Gasteiger partial charge >= 0.3 is 0 Å². The Bertz CT molecular complexity index is 708. The summed E-state index contributed by atoms with van der Waals surface area (Å²) in [5, 5.41) is 2.92. The first kappa shape index (κ1) is 17.6. The molecule has 25 heavy (non-hydrogen) atoms. The third-order valence-corrected chi connectivity index (χ3v) is 4.77. The van der Waals surface area contributed by atoms with Crippen molar-refractivity contribution in [3.05, 3.63) is 71.0 Å². The van der Waals surface area contributed by atoms with E-state index in [4.69, 9.17) is 0 Å². The second-order valence-corrected chi connectivity index (χ2v) is 6.78. The molecule has 1 aliphatic heterocycles. The Kier molecular flexibility index (Phi) is 5.82. The van der Waals surface area contributed by atoms with Crippen LogP contribution in [0.4, 0.5) is 4.39 Å². The first-order valence-corrected chi connectivity index (χ1v) is 8.99. The molecule has 3 nitrogen and oxygen atoms in total. The van der Waals surface area contributed by atoms with Gasteiger partial charge in [0.15, 0.2) is 0 Å². The topological polar surface area (TPSA) is 32.3 Å². The summed E-state index contributed by atoms with van der Waals surface area (Å²) in [5.41, 5.74) is 2.62. The zero-order valence-corrected chi connectivity index (χ0v) is 14.7. The van der Waals surface area contributed by atoms with Crippen LogP contribution in [0.25, 0.3) is 0 Å². The average Bonchev–Trinajstić information content (AvgIpc) is 2.63. The number of nitrogens with zero attached hydrogens (tertiary/aromatic N) is 1. The minimum atomic E-state index is -0.291. The third kappa shape index (κ3) is 4.89. The van der Waals surface area contributed by atoms with Crippen molar-refractivity contribution in [2.75, 3.05) is 13.1 Å². The van der Waals surface area contributed by atoms with Crippen LogP contribution < -0.4 is 5.32 Å². The largest absolute Gasteiger partial charge is 0.346 e. The van der Waals surface area contributed by atoms with E-state index in [9.17, 15) is 9.18 Å². The molecule has 1 heterocycles. The maximum Gasteiger partial charge on any atom is 0.251 e.